The van der Waals surface area contributed by atoms with Crippen LogP contribution >= 0.6 is 11.3 Å². The molecule has 0 unspecified atom stereocenters. The number of anilines is 1. The van der Waals surface area contributed by atoms with Gasteiger partial charge in [-0.3, -0.25) is 10.1 Å². The van der Waals surface area contributed by atoms with E-state index in [2.05, 4.69) is 25.5 Å². The SMILES string of the molecule is CCc1nnc(NC(=O)c2ccc3nc(C)c(C)nc3c2)s1. The molecule has 0 aliphatic heterocycles. The lowest BCUT2D eigenvalue weighted by Crippen LogP contribution is -2.11. The summed E-state index contributed by atoms with van der Waals surface area (Å²) in [5.74, 6) is -0.222. The van der Waals surface area contributed by atoms with E-state index in [-0.39, 0.29) is 5.91 Å². The van der Waals surface area contributed by atoms with Crippen molar-refractivity contribution in [2.24, 2.45) is 0 Å². The van der Waals surface area contributed by atoms with E-state index in [9.17, 15) is 4.79 Å². The van der Waals surface area contributed by atoms with Crippen LogP contribution in [-0.4, -0.2) is 26.1 Å². The highest BCUT2D eigenvalue weighted by atomic mass is 32.1. The van der Waals surface area contributed by atoms with Gasteiger partial charge >= 0.3 is 0 Å². The monoisotopic (exact) mass is 313 g/mol. The molecule has 2 aromatic heterocycles. The van der Waals surface area contributed by atoms with Crippen molar-refractivity contribution in [1.29, 1.82) is 0 Å². The summed E-state index contributed by atoms with van der Waals surface area (Å²) in [5.41, 5.74) is 3.77. The Hall–Kier alpha value is -2.41. The molecule has 0 saturated heterocycles. The molecule has 0 spiro atoms. The number of aryl methyl sites for hydroxylation is 3. The van der Waals surface area contributed by atoms with Crippen LogP contribution in [0.3, 0.4) is 0 Å². The third kappa shape index (κ3) is 2.80. The van der Waals surface area contributed by atoms with Crippen LogP contribution in [0.5, 0.6) is 0 Å². The van der Waals surface area contributed by atoms with Crippen LogP contribution in [0, 0.1) is 13.8 Å². The Morgan fingerprint density at radius 3 is 2.55 bits per heavy atom. The van der Waals surface area contributed by atoms with Gasteiger partial charge < -0.3 is 0 Å². The number of aromatic nitrogens is 4. The third-order valence-electron chi connectivity index (χ3n) is 3.33. The van der Waals surface area contributed by atoms with E-state index in [1.54, 1.807) is 18.2 Å². The Bertz CT molecular complexity index is 858. The van der Waals surface area contributed by atoms with Gasteiger partial charge in [0.05, 0.1) is 22.4 Å². The molecule has 1 N–H and O–H groups in total. The zero-order valence-electron chi connectivity index (χ0n) is 12.5. The molecule has 1 aromatic carbocycles. The Morgan fingerprint density at radius 1 is 1.14 bits per heavy atom. The largest absolute Gasteiger partial charge is 0.296 e. The molecule has 0 saturated carbocycles. The molecule has 7 heteroatoms. The van der Waals surface area contributed by atoms with Gasteiger partial charge in [-0.15, -0.1) is 10.2 Å². The van der Waals surface area contributed by atoms with E-state index >= 15 is 0 Å². The number of rotatable bonds is 3. The van der Waals surface area contributed by atoms with Crippen molar-refractivity contribution in [1.82, 2.24) is 20.2 Å². The van der Waals surface area contributed by atoms with Crippen molar-refractivity contribution >= 4 is 33.4 Å². The van der Waals surface area contributed by atoms with E-state index in [0.717, 1.165) is 28.3 Å². The summed E-state index contributed by atoms with van der Waals surface area (Å²) in [5, 5.41) is 12.1. The van der Waals surface area contributed by atoms with Gasteiger partial charge in [0.2, 0.25) is 5.13 Å². The summed E-state index contributed by atoms with van der Waals surface area (Å²) in [4.78, 5) is 21.2. The van der Waals surface area contributed by atoms with Gasteiger partial charge in [0.15, 0.2) is 0 Å². The molecule has 112 valence electrons. The summed E-state index contributed by atoms with van der Waals surface area (Å²) in [6.07, 6.45) is 0.803. The molecule has 22 heavy (non-hydrogen) atoms. The Morgan fingerprint density at radius 2 is 1.86 bits per heavy atom. The summed E-state index contributed by atoms with van der Waals surface area (Å²) in [7, 11) is 0. The standard InChI is InChI=1S/C15H15N5OS/c1-4-13-19-20-15(22-13)18-14(21)10-5-6-11-12(7-10)17-9(3)8(2)16-11/h5-7H,4H2,1-3H3,(H,18,20,21). The number of amides is 1. The summed E-state index contributed by atoms with van der Waals surface area (Å²) >= 11 is 1.38. The van der Waals surface area contributed by atoms with Crippen LogP contribution in [0.25, 0.3) is 11.0 Å². The van der Waals surface area contributed by atoms with Gasteiger partial charge in [-0.1, -0.05) is 18.3 Å². The number of benzene rings is 1. The number of carbonyl (C=O) groups excluding carboxylic acids is 1. The zero-order valence-corrected chi connectivity index (χ0v) is 13.4. The first-order chi connectivity index (χ1) is 10.6. The third-order valence-corrected chi connectivity index (χ3v) is 4.31. The first-order valence-corrected chi connectivity index (χ1v) is 7.77. The molecule has 1 amide bonds. The van der Waals surface area contributed by atoms with Crippen LogP contribution < -0.4 is 5.32 Å². The maximum absolute atomic E-state index is 12.3. The van der Waals surface area contributed by atoms with Gasteiger partial charge in [-0.05, 0) is 38.5 Å². The van der Waals surface area contributed by atoms with Crippen molar-refractivity contribution in [2.45, 2.75) is 27.2 Å². The number of hydrogen-bond donors (Lipinski definition) is 1. The minimum Gasteiger partial charge on any atom is -0.296 e. The highest BCUT2D eigenvalue weighted by Gasteiger charge is 2.11. The first-order valence-electron chi connectivity index (χ1n) is 6.95. The summed E-state index contributed by atoms with van der Waals surface area (Å²) < 4.78 is 0. The number of carbonyl (C=O) groups is 1. The molecule has 6 nitrogen and oxygen atoms in total. The van der Waals surface area contributed by atoms with E-state index in [1.807, 2.05) is 20.8 Å². The molecule has 0 atom stereocenters. The van der Waals surface area contributed by atoms with Crippen LogP contribution in [0.1, 0.15) is 33.7 Å². The van der Waals surface area contributed by atoms with Crippen molar-refractivity contribution in [3.05, 3.63) is 40.2 Å². The van der Waals surface area contributed by atoms with Crippen LogP contribution in [-0.2, 0) is 6.42 Å². The fraction of sp³-hybridized carbons (Fsp3) is 0.267. The molecule has 0 fully saturated rings. The highest BCUT2D eigenvalue weighted by Crippen LogP contribution is 2.18. The fourth-order valence-corrected chi connectivity index (χ4v) is 2.66. The van der Waals surface area contributed by atoms with Crippen molar-refractivity contribution in [3.63, 3.8) is 0 Å². The molecule has 2 heterocycles. The normalized spacial score (nSPS) is 10.9. The number of hydrogen-bond acceptors (Lipinski definition) is 6. The summed E-state index contributed by atoms with van der Waals surface area (Å²) in [6, 6.07) is 5.29. The average molecular weight is 313 g/mol. The minimum atomic E-state index is -0.222. The second-order valence-corrected chi connectivity index (χ2v) is 5.97. The van der Waals surface area contributed by atoms with E-state index < -0.39 is 0 Å². The van der Waals surface area contributed by atoms with Crippen molar-refractivity contribution in [3.8, 4) is 0 Å². The zero-order chi connectivity index (χ0) is 15.7. The predicted octanol–water partition coefficient (Wildman–Crippen LogP) is 2.91. The number of nitrogens with one attached hydrogen (secondary N) is 1. The predicted molar refractivity (Wildman–Crippen MR) is 86.3 cm³/mol. The topological polar surface area (TPSA) is 80.7 Å². The van der Waals surface area contributed by atoms with Gasteiger partial charge in [0.1, 0.15) is 5.01 Å². The van der Waals surface area contributed by atoms with Gasteiger partial charge in [-0.25, -0.2) is 9.97 Å². The minimum absolute atomic E-state index is 0.222. The quantitative estimate of drug-likeness (QED) is 0.804. The molecule has 3 aromatic rings. The van der Waals surface area contributed by atoms with Gasteiger partial charge in [-0.2, -0.15) is 0 Å². The lowest BCUT2D eigenvalue weighted by atomic mass is 10.1. The molecule has 0 aliphatic rings. The Balaban J connectivity index is 1.88. The average Bonchev–Trinajstić information content (AvgIpc) is 2.95. The molecule has 0 bridgehead atoms. The van der Waals surface area contributed by atoms with E-state index in [4.69, 9.17) is 0 Å². The fourth-order valence-electron chi connectivity index (χ4n) is 1.99. The van der Waals surface area contributed by atoms with Gasteiger partial charge in [0.25, 0.3) is 5.91 Å². The van der Waals surface area contributed by atoms with Crippen molar-refractivity contribution in [2.75, 3.05) is 5.32 Å². The highest BCUT2D eigenvalue weighted by molar-refractivity contribution is 7.15. The van der Waals surface area contributed by atoms with Crippen molar-refractivity contribution < 1.29 is 4.79 Å². The first kappa shape index (κ1) is 14.5. The number of fused-ring (bicyclic) bond motifs is 1. The van der Waals surface area contributed by atoms with E-state index in [0.29, 0.717) is 16.2 Å². The molecule has 0 radical (unpaired) electrons. The molecule has 3 rings (SSSR count). The lowest BCUT2D eigenvalue weighted by Gasteiger charge is -2.05. The summed E-state index contributed by atoms with van der Waals surface area (Å²) in [6.45, 7) is 5.82. The smallest absolute Gasteiger partial charge is 0.257 e. The lowest BCUT2D eigenvalue weighted by molar-refractivity contribution is 0.102. The van der Waals surface area contributed by atoms with Crippen LogP contribution in [0.4, 0.5) is 5.13 Å². The molecular weight excluding hydrogens is 298 g/mol. The Kier molecular flexibility index (Phi) is 3.81. The second-order valence-electron chi connectivity index (χ2n) is 4.91. The molecule has 0 aliphatic carbocycles. The van der Waals surface area contributed by atoms with Crippen LogP contribution in [0.2, 0.25) is 0 Å². The maximum Gasteiger partial charge on any atom is 0.257 e. The Labute approximate surface area is 131 Å². The second kappa shape index (κ2) is 5.76. The molecular formula is C15H15N5OS. The van der Waals surface area contributed by atoms with E-state index in [1.165, 1.54) is 11.3 Å². The number of nitrogens with zero attached hydrogens (tertiary/aromatic N) is 4. The van der Waals surface area contributed by atoms with Gasteiger partial charge in [0, 0.05) is 5.56 Å². The van der Waals surface area contributed by atoms with Crippen LogP contribution in [0.15, 0.2) is 18.2 Å². The maximum atomic E-state index is 12.3.